The van der Waals surface area contributed by atoms with Crippen molar-refractivity contribution in [2.24, 2.45) is 0 Å². The molecule has 18 heavy (non-hydrogen) atoms. The van der Waals surface area contributed by atoms with Crippen LogP contribution < -0.4 is 5.32 Å². The lowest BCUT2D eigenvalue weighted by molar-refractivity contribution is 0.102. The lowest BCUT2D eigenvalue weighted by atomic mass is 10.2. The summed E-state index contributed by atoms with van der Waals surface area (Å²) in [7, 11) is 0. The molecule has 2 rings (SSSR count). The molecule has 0 saturated heterocycles. The summed E-state index contributed by atoms with van der Waals surface area (Å²) in [6, 6.07) is 8.13. The van der Waals surface area contributed by atoms with Crippen LogP contribution in [0.1, 0.15) is 15.9 Å². The lowest BCUT2D eigenvalue weighted by Gasteiger charge is -2.08. The first kappa shape index (κ1) is 12.7. The summed E-state index contributed by atoms with van der Waals surface area (Å²) in [5.41, 5.74) is 1.86. The quantitative estimate of drug-likeness (QED) is 0.862. The van der Waals surface area contributed by atoms with Crippen molar-refractivity contribution in [1.29, 1.82) is 0 Å². The van der Waals surface area contributed by atoms with Gasteiger partial charge in [0.25, 0.3) is 5.91 Å². The normalized spacial score (nSPS) is 10.2. The Morgan fingerprint density at radius 2 is 2.11 bits per heavy atom. The summed E-state index contributed by atoms with van der Waals surface area (Å²) in [6.45, 7) is 1.88. The Hall–Kier alpha value is -1.75. The van der Waals surface area contributed by atoms with Crippen LogP contribution in [0.5, 0.6) is 0 Å². The minimum Gasteiger partial charge on any atom is -0.322 e. The van der Waals surface area contributed by atoms with Crippen molar-refractivity contribution in [3.05, 3.63) is 58.1 Å². The predicted molar refractivity (Wildman–Crippen MR) is 71.0 cm³/mol. The van der Waals surface area contributed by atoms with Crippen LogP contribution in [0.3, 0.4) is 0 Å². The van der Waals surface area contributed by atoms with E-state index in [1.54, 1.807) is 6.07 Å². The second kappa shape index (κ2) is 5.27. The molecular formula is C13H10BrFN2O. The molecule has 5 heteroatoms. The summed E-state index contributed by atoms with van der Waals surface area (Å²) >= 11 is 3.33. The number of anilines is 1. The number of halogens is 2. The molecule has 0 atom stereocenters. The van der Waals surface area contributed by atoms with E-state index in [0.717, 1.165) is 16.1 Å². The lowest BCUT2D eigenvalue weighted by Crippen LogP contribution is -2.13. The second-order valence-corrected chi connectivity index (χ2v) is 4.70. The smallest absolute Gasteiger partial charge is 0.255 e. The number of pyridine rings is 1. The Labute approximate surface area is 112 Å². The van der Waals surface area contributed by atoms with Crippen molar-refractivity contribution in [3.8, 4) is 0 Å². The van der Waals surface area contributed by atoms with Crippen LogP contribution in [0.2, 0.25) is 0 Å². The molecule has 0 radical (unpaired) electrons. The largest absolute Gasteiger partial charge is 0.322 e. The van der Waals surface area contributed by atoms with Crippen LogP contribution in [-0.4, -0.2) is 10.9 Å². The molecular weight excluding hydrogens is 299 g/mol. The number of carbonyl (C=O) groups is 1. The molecule has 3 nitrogen and oxygen atoms in total. The van der Waals surface area contributed by atoms with E-state index in [-0.39, 0.29) is 11.5 Å². The van der Waals surface area contributed by atoms with Crippen LogP contribution in [0.4, 0.5) is 10.1 Å². The topological polar surface area (TPSA) is 42.0 Å². The van der Waals surface area contributed by atoms with Crippen LogP contribution in [-0.2, 0) is 0 Å². The molecule has 0 aliphatic carbocycles. The number of nitrogens with one attached hydrogen (secondary N) is 1. The van der Waals surface area contributed by atoms with Crippen LogP contribution in [0, 0.1) is 12.9 Å². The first-order valence-corrected chi connectivity index (χ1v) is 6.04. The number of benzene rings is 1. The summed E-state index contributed by atoms with van der Waals surface area (Å²) in [6.07, 6.45) is 1.26. The SMILES string of the molecule is Cc1ccc(Br)cc1NC(=O)c1ccnc(F)c1. The highest BCUT2D eigenvalue weighted by Gasteiger charge is 2.09. The van der Waals surface area contributed by atoms with Crippen molar-refractivity contribution >= 4 is 27.5 Å². The fourth-order valence-corrected chi connectivity index (χ4v) is 1.83. The Bertz CT molecular complexity index is 601. The number of nitrogens with zero attached hydrogens (tertiary/aromatic N) is 1. The van der Waals surface area contributed by atoms with Gasteiger partial charge in [0.2, 0.25) is 5.95 Å². The van der Waals surface area contributed by atoms with E-state index in [2.05, 4.69) is 26.2 Å². The maximum absolute atomic E-state index is 12.9. The standard InChI is InChI=1S/C13H10BrFN2O/c1-8-2-3-10(14)7-11(8)17-13(18)9-4-5-16-12(15)6-9/h2-7H,1H3,(H,17,18). The average molecular weight is 309 g/mol. The first-order valence-electron chi connectivity index (χ1n) is 5.25. The van der Waals surface area contributed by atoms with Crippen molar-refractivity contribution < 1.29 is 9.18 Å². The van der Waals surface area contributed by atoms with Crippen molar-refractivity contribution in [1.82, 2.24) is 4.98 Å². The van der Waals surface area contributed by atoms with Gasteiger partial charge in [-0.25, -0.2) is 4.98 Å². The maximum Gasteiger partial charge on any atom is 0.255 e. The van der Waals surface area contributed by atoms with Gasteiger partial charge in [-0.15, -0.1) is 0 Å². The van der Waals surface area contributed by atoms with Gasteiger partial charge in [0.15, 0.2) is 0 Å². The van der Waals surface area contributed by atoms with E-state index >= 15 is 0 Å². The molecule has 0 aliphatic heterocycles. The summed E-state index contributed by atoms with van der Waals surface area (Å²) in [5, 5.41) is 2.73. The Balaban J connectivity index is 2.24. The van der Waals surface area contributed by atoms with E-state index < -0.39 is 5.95 Å². The molecule has 0 bridgehead atoms. The third-order valence-electron chi connectivity index (χ3n) is 2.44. The number of aryl methyl sites for hydroxylation is 1. The maximum atomic E-state index is 12.9. The molecule has 0 spiro atoms. The Kier molecular flexibility index (Phi) is 3.72. The van der Waals surface area contributed by atoms with Gasteiger partial charge in [-0.3, -0.25) is 4.79 Å². The minimum absolute atomic E-state index is 0.238. The summed E-state index contributed by atoms with van der Waals surface area (Å²) in [5.74, 6) is -1.04. The number of hydrogen-bond acceptors (Lipinski definition) is 2. The molecule has 0 aliphatic rings. The molecule has 1 amide bonds. The molecule has 0 fully saturated rings. The van der Waals surface area contributed by atoms with Gasteiger partial charge in [0.1, 0.15) is 0 Å². The highest BCUT2D eigenvalue weighted by atomic mass is 79.9. The zero-order valence-corrected chi connectivity index (χ0v) is 11.2. The second-order valence-electron chi connectivity index (χ2n) is 3.78. The fraction of sp³-hybridized carbons (Fsp3) is 0.0769. The third kappa shape index (κ3) is 2.92. The van der Waals surface area contributed by atoms with Gasteiger partial charge in [0.05, 0.1) is 0 Å². The predicted octanol–water partition coefficient (Wildman–Crippen LogP) is 3.54. The zero-order valence-electron chi connectivity index (χ0n) is 9.58. The fourth-order valence-electron chi connectivity index (χ4n) is 1.47. The molecule has 0 unspecified atom stereocenters. The number of rotatable bonds is 2. The number of amides is 1. The Morgan fingerprint density at radius 3 is 2.83 bits per heavy atom. The Morgan fingerprint density at radius 1 is 1.33 bits per heavy atom. The highest BCUT2D eigenvalue weighted by Crippen LogP contribution is 2.21. The van der Waals surface area contributed by atoms with Gasteiger partial charge < -0.3 is 5.32 Å². The van der Waals surface area contributed by atoms with Crippen LogP contribution in [0.15, 0.2) is 41.0 Å². The first-order chi connectivity index (χ1) is 8.56. The van der Waals surface area contributed by atoms with Gasteiger partial charge in [0, 0.05) is 28.0 Å². The van der Waals surface area contributed by atoms with Gasteiger partial charge in [-0.1, -0.05) is 22.0 Å². The molecule has 1 heterocycles. The van der Waals surface area contributed by atoms with Crippen molar-refractivity contribution in [2.45, 2.75) is 6.92 Å². The van der Waals surface area contributed by atoms with Gasteiger partial charge in [-0.05, 0) is 30.7 Å². The molecule has 1 aromatic carbocycles. The van der Waals surface area contributed by atoms with Crippen molar-refractivity contribution in [2.75, 3.05) is 5.32 Å². The van der Waals surface area contributed by atoms with Crippen LogP contribution >= 0.6 is 15.9 Å². The minimum atomic E-state index is -0.673. The zero-order chi connectivity index (χ0) is 13.1. The van der Waals surface area contributed by atoms with Gasteiger partial charge in [-0.2, -0.15) is 4.39 Å². The number of hydrogen-bond donors (Lipinski definition) is 1. The number of aromatic nitrogens is 1. The average Bonchev–Trinajstić information content (AvgIpc) is 2.34. The van der Waals surface area contributed by atoms with Crippen molar-refractivity contribution in [3.63, 3.8) is 0 Å². The molecule has 92 valence electrons. The van der Waals surface area contributed by atoms with E-state index in [4.69, 9.17) is 0 Å². The summed E-state index contributed by atoms with van der Waals surface area (Å²) < 4.78 is 13.8. The third-order valence-corrected chi connectivity index (χ3v) is 2.93. The molecule has 0 saturated carbocycles. The monoisotopic (exact) mass is 308 g/mol. The van der Waals surface area contributed by atoms with E-state index in [1.165, 1.54) is 12.3 Å². The molecule has 2 aromatic rings. The molecule has 1 aromatic heterocycles. The van der Waals surface area contributed by atoms with E-state index in [0.29, 0.717) is 5.69 Å². The van der Waals surface area contributed by atoms with E-state index in [9.17, 15) is 9.18 Å². The van der Waals surface area contributed by atoms with Gasteiger partial charge >= 0.3 is 0 Å². The molecule has 1 N–H and O–H groups in total. The summed E-state index contributed by atoms with van der Waals surface area (Å²) in [4.78, 5) is 15.3. The highest BCUT2D eigenvalue weighted by molar-refractivity contribution is 9.10. The van der Waals surface area contributed by atoms with E-state index in [1.807, 2.05) is 19.1 Å². The number of carbonyl (C=O) groups excluding carboxylic acids is 1. The van der Waals surface area contributed by atoms with Crippen LogP contribution in [0.25, 0.3) is 0 Å².